The highest BCUT2D eigenvalue weighted by Gasteiger charge is 2.16. The van der Waals surface area contributed by atoms with Gasteiger partial charge in [0.2, 0.25) is 0 Å². The summed E-state index contributed by atoms with van der Waals surface area (Å²) in [6.07, 6.45) is 3.18. The van der Waals surface area contributed by atoms with Crippen molar-refractivity contribution in [2.75, 3.05) is 25.1 Å². The molecular formula is C19H19N3O3. The third kappa shape index (κ3) is 3.52. The van der Waals surface area contributed by atoms with Gasteiger partial charge in [-0.1, -0.05) is 18.2 Å². The zero-order chi connectivity index (χ0) is 17.8. The summed E-state index contributed by atoms with van der Waals surface area (Å²) >= 11 is 0. The van der Waals surface area contributed by atoms with E-state index in [1.807, 2.05) is 43.1 Å². The normalized spacial score (nSPS) is 10.6. The van der Waals surface area contributed by atoms with Crippen LogP contribution in [0.15, 0.2) is 54.9 Å². The van der Waals surface area contributed by atoms with Gasteiger partial charge in [0.25, 0.3) is 5.69 Å². The highest BCUT2D eigenvalue weighted by molar-refractivity contribution is 5.99. The number of nitro benzene ring substituents is 1. The van der Waals surface area contributed by atoms with Crippen LogP contribution in [0.3, 0.4) is 0 Å². The Bertz CT molecular complexity index is 911. The first kappa shape index (κ1) is 16.7. The molecule has 0 aliphatic heterocycles. The van der Waals surface area contributed by atoms with Crippen molar-refractivity contribution in [3.05, 3.63) is 70.5 Å². The van der Waals surface area contributed by atoms with E-state index in [0.717, 1.165) is 22.4 Å². The van der Waals surface area contributed by atoms with Gasteiger partial charge in [-0.3, -0.25) is 15.1 Å². The summed E-state index contributed by atoms with van der Waals surface area (Å²) < 4.78 is 5.84. The second kappa shape index (κ2) is 7.17. The number of benzene rings is 2. The quantitative estimate of drug-likeness (QED) is 0.503. The molecule has 0 saturated carbocycles. The van der Waals surface area contributed by atoms with Gasteiger partial charge in [-0.2, -0.15) is 0 Å². The molecule has 0 fully saturated rings. The van der Waals surface area contributed by atoms with Crippen LogP contribution in [-0.4, -0.2) is 30.1 Å². The molecule has 3 aromatic rings. The minimum absolute atomic E-state index is 0.0661. The fraction of sp³-hybridized carbons (Fsp3) is 0.211. The monoisotopic (exact) mass is 337 g/mol. The van der Waals surface area contributed by atoms with Crippen molar-refractivity contribution >= 4 is 22.1 Å². The van der Waals surface area contributed by atoms with Crippen LogP contribution >= 0.6 is 0 Å². The molecule has 2 aromatic carbocycles. The summed E-state index contributed by atoms with van der Waals surface area (Å²) in [5, 5.41) is 12.5. The number of pyridine rings is 1. The summed E-state index contributed by atoms with van der Waals surface area (Å²) in [7, 11) is 1.95. The van der Waals surface area contributed by atoms with Crippen LogP contribution in [0.25, 0.3) is 10.8 Å². The molecule has 0 amide bonds. The van der Waals surface area contributed by atoms with E-state index in [1.54, 1.807) is 18.3 Å². The van der Waals surface area contributed by atoms with Crippen molar-refractivity contribution in [2.45, 2.75) is 6.92 Å². The fourth-order valence-electron chi connectivity index (χ4n) is 2.78. The predicted octanol–water partition coefficient (Wildman–Crippen LogP) is 3.97. The van der Waals surface area contributed by atoms with Crippen LogP contribution in [0.5, 0.6) is 5.75 Å². The van der Waals surface area contributed by atoms with Crippen LogP contribution in [0, 0.1) is 17.0 Å². The van der Waals surface area contributed by atoms with Crippen LogP contribution in [0.4, 0.5) is 11.4 Å². The highest BCUT2D eigenvalue weighted by Crippen LogP contribution is 2.32. The van der Waals surface area contributed by atoms with E-state index < -0.39 is 0 Å². The molecule has 0 spiro atoms. The summed E-state index contributed by atoms with van der Waals surface area (Å²) in [5.74, 6) is 0.869. The number of aromatic nitrogens is 1. The molecule has 0 aliphatic rings. The number of hydrogen-bond acceptors (Lipinski definition) is 5. The van der Waals surface area contributed by atoms with Crippen molar-refractivity contribution in [1.82, 2.24) is 4.98 Å². The first-order chi connectivity index (χ1) is 12.1. The minimum Gasteiger partial charge on any atom is -0.491 e. The SMILES string of the molecule is Cc1ccccc1OCCN(C)c1ccc([N+](=O)[O-])c2cnccc12. The van der Waals surface area contributed by atoms with Gasteiger partial charge < -0.3 is 9.64 Å². The van der Waals surface area contributed by atoms with Crippen LogP contribution < -0.4 is 9.64 Å². The van der Waals surface area contributed by atoms with Gasteiger partial charge >= 0.3 is 0 Å². The molecule has 0 saturated heterocycles. The lowest BCUT2D eigenvalue weighted by molar-refractivity contribution is -0.383. The van der Waals surface area contributed by atoms with Gasteiger partial charge in [0.15, 0.2) is 0 Å². The van der Waals surface area contributed by atoms with Crippen LogP contribution in [0.2, 0.25) is 0 Å². The van der Waals surface area contributed by atoms with E-state index in [0.29, 0.717) is 18.5 Å². The first-order valence-electron chi connectivity index (χ1n) is 7.98. The van der Waals surface area contributed by atoms with Crippen molar-refractivity contribution in [1.29, 1.82) is 0 Å². The Kier molecular flexibility index (Phi) is 4.79. The summed E-state index contributed by atoms with van der Waals surface area (Å²) in [6.45, 7) is 3.18. The Morgan fingerprint density at radius 2 is 1.96 bits per heavy atom. The Morgan fingerprint density at radius 1 is 1.16 bits per heavy atom. The van der Waals surface area contributed by atoms with Crippen molar-refractivity contribution in [3.8, 4) is 5.75 Å². The van der Waals surface area contributed by atoms with E-state index >= 15 is 0 Å². The van der Waals surface area contributed by atoms with Gasteiger partial charge in [0.05, 0.1) is 16.9 Å². The zero-order valence-corrected chi connectivity index (χ0v) is 14.2. The second-order valence-electron chi connectivity index (χ2n) is 5.82. The van der Waals surface area contributed by atoms with Gasteiger partial charge in [0, 0.05) is 36.6 Å². The topological polar surface area (TPSA) is 68.5 Å². The van der Waals surface area contributed by atoms with Crippen molar-refractivity contribution in [3.63, 3.8) is 0 Å². The number of nitro groups is 1. The molecule has 6 heteroatoms. The molecular weight excluding hydrogens is 318 g/mol. The molecule has 1 heterocycles. The zero-order valence-electron chi connectivity index (χ0n) is 14.2. The lowest BCUT2D eigenvalue weighted by Crippen LogP contribution is -2.24. The second-order valence-corrected chi connectivity index (χ2v) is 5.82. The number of aryl methyl sites for hydroxylation is 1. The van der Waals surface area contributed by atoms with E-state index in [9.17, 15) is 10.1 Å². The molecule has 3 rings (SSSR count). The van der Waals surface area contributed by atoms with E-state index in [4.69, 9.17) is 4.74 Å². The van der Waals surface area contributed by atoms with E-state index in [2.05, 4.69) is 4.98 Å². The smallest absolute Gasteiger partial charge is 0.278 e. The number of rotatable bonds is 6. The summed E-state index contributed by atoms with van der Waals surface area (Å²) in [6, 6.07) is 13.0. The number of nitrogens with zero attached hydrogens (tertiary/aromatic N) is 3. The maximum absolute atomic E-state index is 11.2. The molecule has 0 unspecified atom stereocenters. The van der Waals surface area contributed by atoms with E-state index in [1.165, 1.54) is 12.3 Å². The number of para-hydroxylation sites is 1. The number of non-ortho nitro benzene ring substituents is 1. The average molecular weight is 337 g/mol. The van der Waals surface area contributed by atoms with Gasteiger partial charge in [-0.15, -0.1) is 0 Å². The summed E-state index contributed by atoms with van der Waals surface area (Å²) in [5.41, 5.74) is 2.07. The Hall–Kier alpha value is -3.15. The molecule has 6 nitrogen and oxygen atoms in total. The lowest BCUT2D eigenvalue weighted by atomic mass is 10.1. The molecule has 0 N–H and O–H groups in total. The number of fused-ring (bicyclic) bond motifs is 1. The molecule has 25 heavy (non-hydrogen) atoms. The molecule has 128 valence electrons. The Labute approximate surface area is 145 Å². The van der Waals surface area contributed by atoms with Crippen molar-refractivity contribution in [2.24, 2.45) is 0 Å². The van der Waals surface area contributed by atoms with Crippen LogP contribution in [-0.2, 0) is 0 Å². The maximum atomic E-state index is 11.2. The average Bonchev–Trinajstić information content (AvgIpc) is 2.62. The third-order valence-electron chi connectivity index (χ3n) is 4.16. The van der Waals surface area contributed by atoms with Gasteiger partial charge in [-0.05, 0) is 30.7 Å². The molecule has 1 aromatic heterocycles. The first-order valence-corrected chi connectivity index (χ1v) is 7.98. The number of ether oxygens (including phenoxy) is 1. The number of hydrogen-bond donors (Lipinski definition) is 0. The number of likely N-dealkylation sites (N-methyl/N-ethyl adjacent to an activating group) is 1. The predicted molar refractivity (Wildman–Crippen MR) is 98.3 cm³/mol. The van der Waals surface area contributed by atoms with Gasteiger partial charge in [0.1, 0.15) is 12.4 Å². The largest absolute Gasteiger partial charge is 0.491 e. The molecule has 0 aliphatic carbocycles. The minimum atomic E-state index is -0.380. The fourth-order valence-corrected chi connectivity index (χ4v) is 2.78. The van der Waals surface area contributed by atoms with Crippen LogP contribution in [0.1, 0.15) is 5.56 Å². The molecule has 0 bridgehead atoms. The Morgan fingerprint density at radius 3 is 2.72 bits per heavy atom. The van der Waals surface area contributed by atoms with Gasteiger partial charge in [-0.25, -0.2) is 0 Å². The maximum Gasteiger partial charge on any atom is 0.278 e. The summed E-state index contributed by atoms with van der Waals surface area (Å²) in [4.78, 5) is 16.9. The molecule has 0 atom stereocenters. The lowest BCUT2D eigenvalue weighted by Gasteiger charge is -2.21. The van der Waals surface area contributed by atoms with Crippen molar-refractivity contribution < 1.29 is 9.66 Å². The number of anilines is 1. The highest BCUT2D eigenvalue weighted by atomic mass is 16.6. The Balaban J connectivity index is 1.78. The third-order valence-corrected chi connectivity index (χ3v) is 4.16. The standard InChI is InChI=1S/C19H19N3O3/c1-14-5-3-4-6-19(14)25-12-11-21(2)17-7-8-18(22(23)24)16-13-20-10-9-15(16)17/h3-10,13H,11-12H2,1-2H3. The van der Waals surface area contributed by atoms with E-state index in [-0.39, 0.29) is 10.6 Å². The molecule has 0 radical (unpaired) electrons.